The Morgan fingerprint density at radius 1 is 0.886 bits per heavy atom. The second kappa shape index (κ2) is 10.2. The summed E-state index contributed by atoms with van der Waals surface area (Å²) < 4.78 is 29.7. The number of benzene rings is 3. The van der Waals surface area contributed by atoms with Crippen molar-refractivity contribution in [2.75, 3.05) is 0 Å². The first-order valence-corrected chi connectivity index (χ1v) is 12.7. The number of hydrogen-bond donors (Lipinski definition) is 2. The van der Waals surface area contributed by atoms with E-state index in [0.29, 0.717) is 23.2 Å². The molecule has 0 saturated heterocycles. The van der Waals surface area contributed by atoms with E-state index in [4.69, 9.17) is 0 Å². The Morgan fingerprint density at radius 3 is 2.20 bits per heavy atom. The molecule has 9 heteroatoms. The number of aromatic nitrogens is 2. The molecule has 0 unspecified atom stereocenters. The number of nitrogens with one attached hydrogen (secondary N) is 2. The normalized spacial score (nSPS) is 11.5. The number of amides is 1. The molecule has 3 aromatic carbocycles. The van der Waals surface area contributed by atoms with Gasteiger partial charge in [-0.05, 0) is 55.8 Å². The van der Waals surface area contributed by atoms with Crippen molar-refractivity contribution in [3.63, 3.8) is 0 Å². The van der Waals surface area contributed by atoms with E-state index in [0.717, 1.165) is 23.4 Å². The lowest BCUT2D eigenvalue weighted by Crippen LogP contribution is -2.25. The second-order valence-corrected chi connectivity index (χ2v) is 9.81. The first-order valence-electron chi connectivity index (χ1n) is 11.2. The van der Waals surface area contributed by atoms with Gasteiger partial charge in [-0.15, -0.1) is 0 Å². The topological polar surface area (TPSA) is 110 Å². The Kier molecular flexibility index (Phi) is 7.09. The summed E-state index contributed by atoms with van der Waals surface area (Å²) in [5.41, 5.74) is 3.54. The number of hydrogen-bond acceptors (Lipinski definition) is 5. The lowest BCUT2D eigenvalue weighted by Gasteiger charge is -2.09. The predicted molar refractivity (Wildman–Crippen MR) is 133 cm³/mol. The molecule has 0 spiro atoms. The largest absolute Gasteiger partial charge is 0.345 e. The summed E-state index contributed by atoms with van der Waals surface area (Å²) in [4.78, 5) is 28.7. The molecule has 2 N–H and O–H groups in total. The predicted octanol–water partition coefficient (Wildman–Crippen LogP) is 3.67. The molecule has 180 valence electrons. The van der Waals surface area contributed by atoms with Crippen LogP contribution in [0.25, 0.3) is 11.0 Å². The highest BCUT2D eigenvalue weighted by molar-refractivity contribution is 7.89. The maximum absolute atomic E-state index is 12.6. The van der Waals surface area contributed by atoms with E-state index in [-0.39, 0.29) is 23.1 Å². The monoisotopic (exact) mass is 490 g/mol. The summed E-state index contributed by atoms with van der Waals surface area (Å²) in [6.45, 7) is 4.57. The SMILES string of the molecule is CCn1c(CNC(=O)c2ccc(CNS(=O)(=O)c3ccc(C(C)=O)cc3)cc2)nc2ccccc21. The molecule has 1 aromatic heterocycles. The zero-order chi connectivity index (χ0) is 25.0. The van der Waals surface area contributed by atoms with Crippen molar-refractivity contribution >= 4 is 32.7 Å². The van der Waals surface area contributed by atoms with Crippen LogP contribution in [0.5, 0.6) is 0 Å². The maximum atomic E-state index is 12.6. The zero-order valence-electron chi connectivity index (χ0n) is 19.5. The minimum atomic E-state index is -3.73. The van der Waals surface area contributed by atoms with Gasteiger partial charge in [-0.3, -0.25) is 9.59 Å². The fourth-order valence-electron chi connectivity index (χ4n) is 3.78. The number of fused-ring (bicyclic) bond motifs is 1. The number of rotatable bonds is 9. The molecule has 0 fully saturated rings. The van der Waals surface area contributed by atoms with Crippen molar-refractivity contribution in [1.82, 2.24) is 19.6 Å². The molecule has 1 heterocycles. The van der Waals surface area contributed by atoms with Gasteiger partial charge in [-0.2, -0.15) is 0 Å². The molecule has 0 saturated carbocycles. The van der Waals surface area contributed by atoms with Gasteiger partial charge >= 0.3 is 0 Å². The van der Waals surface area contributed by atoms with Crippen LogP contribution in [0.1, 0.15) is 46.0 Å². The van der Waals surface area contributed by atoms with Crippen LogP contribution in [0.2, 0.25) is 0 Å². The highest BCUT2D eigenvalue weighted by Gasteiger charge is 2.15. The van der Waals surface area contributed by atoms with Crippen molar-refractivity contribution < 1.29 is 18.0 Å². The standard InChI is InChI=1S/C26H26N4O4S/c1-3-30-24-7-5-4-6-23(24)29-25(30)17-27-26(32)21-10-8-19(9-11-21)16-28-35(33,34)22-14-12-20(13-15-22)18(2)31/h4-15,28H,3,16-17H2,1-2H3,(H,27,32). The van der Waals surface area contributed by atoms with Gasteiger partial charge in [0.15, 0.2) is 5.78 Å². The lowest BCUT2D eigenvalue weighted by atomic mass is 10.1. The number of para-hydroxylation sites is 2. The average Bonchev–Trinajstić information content (AvgIpc) is 3.24. The lowest BCUT2D eigenvalue weighted by molar-refractivity contribution is 0.0948. The third-order valence-corrected chi connectivity index (χ3v) is 7.13. The Balaban J connectivity index is 1.36. The van der Waals surface area contributed by atoms with Crippen LogP contribution in [-0.2, 0) is 29.7 Å². The van der Waals surface area contributed by atoms with Gasteiger partial charge in [-0.25, -0.2) is 18.1 Å². The molecule has 0 radical (unpaired) electrons. The van der Waals surface area contributed by atoms with E-state index in [1.807, 2.05) is 31.2 Å². The van der Waals surface area contributed by atoms with Crippen molar-refractivity contribution in [1.29, 1.82) is 0 Å². The first-order chi connectivity index (χ1) is 16.8. The number of sulfonamides is 1. The van der Waals surface area contributed by atoms with Crippen LogP contribution in [0, 0.1) is 0 Å². The zero-order valence-corrected chi connectivity index (χ0v) is 20.3. The van der Waals surface area contributed by atoms with E-state index in [1.54, 1.807) is 24.3 Å². The van der Waals surface area contributed by atoms with Gasteiger partial charge in [0.25, 0.3) is 5.91 Å². The van der Waals surface area contributed by atoms with Gasteiger partial charge < -0.3 is 9.88 Å². The number of aryl methyl sites for hydroxylation is 1. The van der Waals surface area contributed by atoms with Crippen LogP contribution < -0.4 is 10.0 Å². The van der Waals surface area contributed by atoms with Crippen LogP contribution >= 0.6 is 0 Å². The molecular weight excluding hydrogens is 464 g/mol. The highest BCUT2D eigenvalue weighted by atomic mass is 32.2. The fraction of sp³-hybridized carbons (Fsp3) is 0.192. The Bertz CT molecular complexity index is 1470. The third kappa shape index (κ3) is 5.47. The molecule has 8 nitrogen and oxygen atoms in total. The summed E-state index contributed by atoms with van der Waals surface area (Å²) in [6.07, 6.45) is 0. The van der Waals surface area contributed by atoms with Crippen molar-refractivity contribution in [3.05, 3.63) is 95.3 Å². The number of nitrogens with zero attached hydrogens (tertiary/aromatic N) is 2. The van der Waals surface area contributed by atoms with E-state index in [2.05, 4.69) is 19.6 Å². The minimum Gasteiger partial charge on any atom is -0.345 e. The Hall–Kier alpha value is -3.82. The maximum Gasteiger partial charge on any atom is 0.251 e. The van der Waals surface area contributed by atoms with Crippen LogP contribution in [0.3, 0.4) is 0 Å². The molecule has 0 aliphatic carbocycles. The molecule has 0 atom stereocenters. The summed E-state index contributed by atoms with van der Waals surface area (Å²) in [7, 11) is -3.73. The van der Waals surface area contributed by atoms with Gasteiger partial charge in [-0.1, -0.05) is 36.4 Å². The molecule has 0 bridgehead atoms. The first kappa shape index (κ1) is 24.3. The van der Waals surface area contributed by atoms with E-state index >= 15 is 0 Å². The molecule has 0 aliphatic rings. The van der Waals surface area contributed by atoms with Crippen molar-refractivity contribution in [2.45, 2.75) is 38.4 Å². The summed E-state index contributed by atoms with van der Waals surface area (Å²) in [6, 6.07) is 20.3. The molecule has 4 aromatic rings. The quantitative estimate of drug-likeness (QED) is 0.348. The van der Waals surface area contributed by atoms with Crippen molar-refractivity contribution in [3.8, 4) is 0 Å². The fourth-order valence-corrected chi connectivity index (χ4v) is 4.80. The number of carbonyl (C=O) groups is 2. The second-order valence-electron chi connectivity index (χ2n) is 8.05. The summed E-state index contributed by atoms with van der Waals surface area (Å²) in [5, 5.41) is 2.90. The molecule has 4 rings (SSSR count). The molecule has 35 heavy (non-hydrogen) atoms. The van der Waals surface area contributed by atoms with Gasteiger partial charge in [0, 0.05) is 24.2 Å². The van der Waals surface area contributed by atoms with Crippen LogP contribution in [0.15, 0.2) is 77.7 Å². The molecule has 1 amide bonds. The van der Waals surface area contributed by atoms with Crippen LogP contribution in [-0.4, -0.2) is 29.7 Å². The van der Waals surface area contributed by atoms with Crippen molar-refractivity contribution in [2.24, 2.45) is 0 Å². The Morgan fingerprint density at radius 2 is 1.54 bits per heavy atom. The van der Waals surface area contributed by atoms with Gasteiger partial charge in [0.1, 0.15) is 5.82 Å². The van der Waals surface area contributed by atoms with Crippen LogP contribution in [0.4, 0.5) is 0 Å². The Labute approximate surface area is 204 Å². The summed E-state index contributed by atoms with van der Waals surface area (Å²) >= 11 is 0. The minimum absolute atomic E-state index is 0.0687. The summed E-state index contributed by atoms with van der Waals surface area (Å²) in [5.74, 6) is 0.414. The van der Waals surface area contributed by atoms with Gasteiger partial charge in [0.05, 0.1) is 22.5 Å². The smallest absolute Gasteiger partial charge is 0.251 e. The third-order valence-electron chi connectivity index (χ3n) is 5.71. The molecule has 0 aliphatic heterocycles. The molecular formula is C26H26N4O4S. The number of ketones is 1. The van der Waals surface area contributed by atoms with E-state index in [1.165, 1.54) is 31.2 Å². The number of imidazole rings is 1. The van der Waals surface area contributed by atoms with E-state index < -0.39 is 10.0 Å². The number of carbonyl (C=O) groups excluding carboxylic acids is 2. The number of Topliss-reactive ketones (excluding diaryl/α,β-unsaturated/α-hetero) is 1. The van der Waals surface area contributed by atoms with Gasteiger partial charge in [0.2, 0.25) is 10.0 Å². The van der Waals surface area contributed by atoms with E-state index in [9.17, 15) is 18.0 Å². The highest BCUT2D eigenvalue weighted by Crippen LogP contribution is 2.16. The average molecular weight is 491 g/mol.